The number of aromatic nitrogens is 1. The molecule has 0 bridgehead atoms. The van der Waals surface area contributed by atoms with Gasteiger partial charge in [-0.1, -0.05) is 30.3 Å². The highest BCUT2D eigenvalue weighted by Gasteiger charge is 2.15. The van der Waals surface area contributed by atoms with Crippen molar-refractivity contribution >= 4 is 41.3 Å². The molecular formula is C20H29IN4OS. The Morgan fingerprint density at radius 3 is 2.74 bits per heavy atom. The Balaban J connectivity index is 0.00000261. The van der Waals surface area contributed by atoms with Crippen molar-refractivity contribution in [1.29, 1.82) is 0 Å². The molecule has 1 aromatic carbocycles. The first kappa shape index (κ1) is 22.1. The fourth-order valence-electron chi connectivity index (χ4n) is 3.17. The van der Waals surface area contributed by atoms with Crippen LogP contribution in [-0.2, 0) is 11.3 Å². The van der Waals surface area contributed by atoms with E-state index < -0.39 is 0 Å². The fourth-order valence-corrected chi connectivity index (χ4v) is 4.00. The maximum absolute atomic E-state index is 5.44. The van der Waals surface area contributed by atoms with Crippen LogP contribution in [0.15, 0.2) is 40.7 Å². The van der Waals surface area contributed by atoms with Gasteiger partial charge in [-0.3, -0.25) is 4.99 Å². The average molecular weight is 500 g/mol. The minimum atomic E-state index is 0. The van der Waals surface area contributed by atoms with Crippen molar-refractivity contribution in [1.82, 2.24) is 15.2 Å². The van der Waals surface area contributed by atoms with E-state index in [4.69, 9.17) is 9.72 Å². The highest BCUT2D eigenvalue weighted by molar-refractivity contribution is 14.0. The number of thiazole rings is 1. The molecule has 0 amide bonds. The van der Waals surface area contributed by atoms with Crippen molar-refractivity contribution in [3.63, 3.8) is 0 Å². The molecule has 1 N–H and O–H groups in total. The van der Waals surface area contributed by atoms with Gasteiger partial charge in [0, 0.05) is 44.8 Å². The number of hydrogen-bond acceptors (Lipinski definition) is 4. The third-order valence-corrected chi connectivity index (χ3v) is 5.73. The Hall–Kier alpha value is -1.19. The predicted molar refractivity (Wildman–Crippen MR) is 124 cm³/mol. The molecule has 7 heteroatoms. The average Bonchev–Trinajstić information content (AvgIpc) is 3.17. The van der Waals surface area contributed by atoms with Crippen LogP contribution in [0.3, 0.4) is 0 Å². The van der Waals surface area contributed by atoms with E-state index in [0.29, 0.717) is 6.54 Å². The summed E-state index contributed by atoms with van der Waals surface area (Å²) in [7, 11) is 3.94. The molecule has 5 nitrogen and oxygen atoms in total. The molecule has 148 valence electrons. The van der Waals surface area contributed by atoms with Gasteiger partial charge in [-0.05, 0) is 25.2 Å². The predicted octanol–water partition coefficient (Wildman–Crippen LogP) is 4.25. The van der Waals surface area contributed by atoms with Gasteiger partial charge in [0.2, 0.25) is 0 Å². The molecule has 1 aliphatic heterocycles. The summed E-state index contributed by atoms with van der Waals surface area (Å²) in [5.41, 5.74) is 2.22. The first-order chi connectivity index (χ1) is 12.8. The molecule has 2 aromatic rings. The third kappa shape index (κ3) is 6.73. The molecular weight excluding hydrogens is 471 g/mol. The maximum Gasteiger partial charge on any atom is 0.193 e. The lowest BCUT2D eigenvalue weighted by atomic mass is 9.96. The number of guanidine groups is 1. The lowest BCUT2D eigenvalue weighted by Gasteiger charge is -2.26. The number of aliphatic imine (C=N–C) groups is 1. The van der Waals surface area contributed by atoms with Crippen molar-refractivity contribution < 1.29 is 4.74 Å². The van der Waals surface area contributed by atoms with Gasteiger partial charge in [-0.15, -0.1) is 35.3 Å². The quantitative estimate of drug-likeness (QED) is 0.366. The molecule has 0 aliphatic carbocycles. The smallest absolute Gasteiger partial charge is 0.193 e. The van der Waals surface area contributed by atoms with Crippen LogP contribution in [0.5, 0.6) is 0 Å². The van der Waals surface area contributed by atoms with Gasteiger partial charge in [0.25, 0.3) is 0 Å². The summed E-state index contributed by atoms with van der Waals surface area (Å²) in [6, 6.07) is 10.3. The van der Waals surface area contributed by atoms with Crippen molar-refractivity contribution in [3.8, 4) is 10.6 Å². The van der Waals surface area contributed by atoms with E-state index in [2.05, 4.69) is 39.8 Å². The third-order valence-electron chi connectivity index (χ3n) is 4.79. The Morgan fingerprint density at radius 1 is 1.30 bits per heavy atom. The van der Waals surface area contributed by atoms with Crippen LogP contribution in [0.2, 0.25) is 0 Å². The van der Waals surface area contributed by atoms with Gasteiger partial charge in [-0.2, -0.15) is 0 Å². The van der Waals surface area contributed by atoms with Gasteiger partial charge in [0.1, 0.15) is 5.01 Å². The summed E-state index contributed by atoms with van der Waals surface area (Å²) >= 11 is 1.68. The summed E-state index contributed by atoms with van der Waals surface area (Å²) in [5, 5.41) is 6.61. The van der Waals surface area contributed by atoms with E-state index in [1.165, 1.54) is 24.8 Å². The molecule has 0 unspecified atom stereocenters. The van der Waals surface area contributed by atoms with E-state index >= 15 is 0 Å². The van der Waals surface area contributed by atoms with Gasteiger partial charge in [-0.25, -0.2) is 4.98 Å². The van der Waals surface area contributed by atoms with Crippen LogP contribution < -0.4 is 5.32 Å². The van der Waals surface area contributed by atoms with E-state index in [-0.39, 0.29) is 24.0 Å². The topological polar surface area (TPSA) is 49.8 Å². The summed E-state index contributed by atoms with van der Waals surface area (Å²) in [6.07, 6.45) is 3.55. The first-order valence-corrected chi connectivity index (χ1v) is 10.1. The van der Waals surface area contributed by atoms with Crippen molar-refractivity contribution in [2.75, 3.05) is 33.9 Å². The van der Waals surface area contributed by atoms with Crippen LogP contribution in [0.4, 0.5) is 0 Å². The first-order valence-electron chi connectivity index (χ1n) is 9.25. The van der Waals surface area contributed by atoms with Gasteiger partial charge in [0.15, 0.2) is 5.96 Å². The summed E-state index contributed by atoms with van der Waals surface area (Å²) in [6.45, 7) is 3.53. The lowest BCUT2D eigenvalue weighted by Crippen LogP contribution is -2.39. The van der Waals surface area contributed by atoms with Crippen molar-refractivity contribution in [3.05, 3.63) is 41.4 Å². The second-order valence-corrected chi connectivity index (χ2v) is 7.53. The minimum absolute atomic E-state index is 0. The Labute approximate surface area is 183 Å². The van der Waals surface area contributed by atoms with Gasteiger partial charge >= 0.3 is 0 Å². The molecule has 1 aliphatic rings. The van der Waals surface area contributed by atoms with Crippen LogP contribution in [0, 0.1) is 5.92 Å². The number of benzene rings is 1. The van der Waals surface area contributed by atoms with Crippen LogP contribution >= 0.6 is 35.3 Å². The number of halogens is 1. The highest BCUT2D eigenvalue weighted by Crippen LogP contribution is 2.23. The second kappa shape index (κ2) is 11.6. The number of hydrogen-bond donors (Lipinski definition) is 1. The van der Waals surface area contributed by atoms with E-state index in [1.54, 1.807) is 11.3 Å². The maximum atomic E-state index is 5.44. The van der Waals surface area contributed by atoms with Crippen LogP contribution in [0.25, 0.3) is 10.6 Å². The van der Waals surface area contributed by atoms with Crippen molar-refractivity contribution in [2.45, 2.75) is 25.8 Å². The van der Waals surface area contributed by atoms with E-state index in [1.807, 2.05) is 25.2 Å². The van der Waals surface area contributed by atoms with E-state index in [0.717, 1.165) is 42.3 Å². The number of ether oxygens (including phenoxy) is 1. The number of rotatable bonds is 6. The summed E-state index contributed by atoms with van der Waals surface area (Å²) in [5.74, 6) is 1.70. The van der Waals surface area contributed by atoms with Crippen LogP contribution in [-0.4, -0.2) is 49.7 Å². The normalized spacial score (nSPS) is 15.3. The standard InChI is InChI=1S/C20H28N4OS.HI/c1-21-20(24(2)11-8-16-9-12-25-13-10-16)22-14-18-15-26-19(23-18)17-6-4-3-5-7-17;/h3-7,15-16H,8-14H2,1-2H3,(H,21,22);1H. The SMILES string of the molecule is CN=C(NCc1csc(-c2ccccc2)n1)N(C)CCC1CCOCC1.I. The fraction of sp³-hybridized carbons (Fsp3) is 0.500. The number of nitrogens with one attached hydrogen (secondary N) is 1. The molecule has 0 saturated carbocycles. The zero-order chi connectivity index (χ0) is 18.2. The van der Waals surface area contributed by atoms with E-state index in [9.17, 15) is 0 Å². The number of nitrogens with zero attached hydrogens (tertiary/aromatic N) is 3. The highest BCUT2D eigenvalue weighted by atomic mass is 127. The minimum Gasteiger partial charge on any atom is -0.381 e. The van der Waals surface area contributed by atoms with Gasteiger partial charge < -0.3 is 15.0 Å². The Morgan fingerprint density at radius 2 is 2.04 bits per heavy atom. The second-order valence-electron chi connectivity index (χ2n) is 6.68. The molecule has 1 saturated heterocycles. The Kier molecular flexibility index (Phi) is 9.50. The van der Waals surface area contributed by atoms with Crippen LogP contribution in [0.1, 0.15) is 25.0 Å². The molecule has 0 radical (unpaired) electrons. The molecule has 3 rings (SSSR count). The zero-order valence-electron chi connectivity index (χ0n) is 16.1. The summed E-state index contributed by atoms with van der Waals surface area (Å²) < 4.78 is 5.44. The van der Waals surface area contributed by atoms with Gasteiger partial charge in [0.05, 0.1) is 12.2 Å². The summed E-state index contributed by atoms with van der Waals surface area (Å²) in [4.78, 5) is 11.4. The molecule has 1 fully saturated rings. The molecule has 0 spiro atoms. The Bertz CT molecular complexity index is 701. The molecule has 2 heterocycles. The zero-order valence-corrected chi connectivity index (χ0v) is 19.2. The van der Waals surface area contributed by atoms with Crippen molar-refractivity contribution in [2.24, 2.45) is 10.9 Å². The molecule has 1 aromatic heterocycles. The largest absolute Gasteiger partial charge is 0.381 e. The lowest BCUT2D eigenvalue weighted by molar-refractivity contribution is 0.0625. The molecule has 27 heavy (non-hydrogen) atoms. The molecule has 0 atom stereocenters. The monoisotopic (exact) mass is 500 g/mol.